The third kappa shape index (κ3) is 2.24. The number of halogens is 1. The first-order chi connectivity index (χ1) is 7.70. The van der Waals surface area contributed by atoms with Gasteiger partial charge in [-0.25, -0.2) is 9.97 Å². The van der Waals surface area contributed by atoms with E-state index in [4.69, 9.17) is 4.42 Å². The van der Waals surface area contributed by atoms with Crippen molar-refractivity contribution in [2.24, 2.45) is 0 Å². The molecule has 0 atom stereocenters. The van der Waals surface area contributed by atoms with Crippen LogP contribution in [-0.4, -0.2) is 16.5 Å². The van der Waals surface area contributed by atoms with Crippen molar-refractivity contribution in [2.45, 2.75) is 13.8 Å². The monoisotopic (exact) mass is 281 g/mol. The van der Waals surface area contributed by atoms with Crippen LogP contribution in [0.5, 0.6) is 0 Å². The first-order valence-electron chi connectivity index (χ1n) is 5.03. The molecule has 0 bridgehead atoms. The predicted octanol–water partition coefficient (Wildman–Crippen LogP) is 3.24. The summed E-state index contributed by atoms with van der Waals surface area (Å²) in [6.07, 6.45) is 1.63. The summed E-state index contributed by atoms with van der Waals surface area (Å²) >= 11 is 3.42. The summed E-state index contributed by atoms with van der Waals surface area (Å²) in [6, 6.07) is 3.74. The lowest BCUT2D eigenvalue weighted by Gasteiger charge is -2.05. The number of aromatic nitrogens is 2. The van der Waals surface area contributed by atoms with Gasteiger partial charge in [-0.3, -0.25) is 0 Å². The SMILES string of the molecule is CCNc1nc(C)cc(-c2occc2Br)n1. The minimum Gasteiger partial charge on any atom is -0.461 e. The van der Waals surface area contributed by atoms with Gasteiger partial charge in [0.05, 0.1) is 10.7 Å². The fourth-order valence-electron chi connectivity index (χ4n) is 1.40. The number of nitrogens with zero attached hydrogens (tertiary/aromatic N) is 2. The second-order valence-corrected chi connectivity index (χ2v) is 4.20. The van der Waals surface area contributed by atoms with Crippen molar-refractivity contribution >= 4 is 21.9 Å². The molecule has 0 aliphatic heterocycles. The fourth-order valence-corrected chi connectivity index (χ4v) is 1.80. The topological polar surface area (TPSA) is 51.0 Å². The Balaban J connectivity index is 2.45. The van der Waals surface area contributed by atoms with Crippen LogP contribution in [0.3, 0.4) is 0 Å². The zero-order valence-corrected chi connectivity index (χ0v) is 10.7. The second-order valence-electron chi connectivity index (χ2n) is 3.35. The predicted molar refractivity (Wildman–Crippen MR) is 66.3 cm³/mol. The van der Waals surface area contributed by atoms with E-state index in [1.807, 2.05) is 26.0 Å². The highest BCUT2D eigenvalue weighted by molar-refractivity contribution is 9.10. The summed E-state index contributed by atoms with van der Waals surface area (Å²) in [5, 5.41) is 3.09. The zero-order chi connectivity index (χ0) is 11.5. The molecule has 0 saturated carbocycles. The number of nitrogens with one attached hydrogen (secondary N) is 1. The molecule has 16 heavy (non-hydrogen) atoms. The Morgan fingerprint density at radius 1 is 1.44 bits per heavy atom. The van der Waals surface area contributed by atoms with Crippen molar-refractivity contribution in [3.05, 3.63) is 28.6 Å². The van der Waals surface area contributed by atoms with Crippen LogP contribution in [0.4, 0.5) is 5.95 Å². The van der Waals surface area contributed by atoms with Gasteiger partial charge in [-0.05, 0) is 41.9 Å². The second kappa shape index (κ2) is 4.65. The quantitative estimate of drug-likeness (QED) is 0.939. The lowest BCUT2D eigenvalue weighted by Crippen LogP contribution is -2.03. The van der Waals surface area contributed by atoms with Crippen LogP contribution in [0.2, 0.25) is 0 Å². The van der Waals surface area contributed by atoms with Gasteiger partial charge in [0.2, 0.25) is 5.95 Å². The maximum absolute atomic E-state index is 5.37. The molecule has 0 aliphatic rings. The average Bonchev–Trinajstić information content (AvgIpc) is 2.64. The molecule has 0 fully saturated rings. The highest BCUT2D eigenvalue weighted by Crippen LogP contribution is 2.28. The molecule has 0 spiro atoms. The highest BCUT2D eigenvalue weighted by atomic mass is 79.9. The van der Waals surface area contributed by atoms with Crippen molar-refractivity contribution in [2.75, 3.05) is 11.9 Å². The maximum Gasteiger partial charge on any atom is 0.223 e. The Kier molecular flexibility index (Phi) is 3.24. The Hall–Kier alpha value is -1.36. The van der Waals surface area contributed by atoms with E-state index in [9.17, 15) is 0 Å². The summed E-state index contributed by atoms with van der Waals surface area (Å²) in [4.78, 5) is 8.66. The molecule has 2 rings (SSSR count). The van der Waals surface area contributed by atoms with Crippen molar-refractivity contribution in [1.82, 2.24) is 9.97 Å². The lowest BCUT2D eigenvalue weighted by atomic mass is 10.3. The fraction of sp³-hybridized carbons (Fsp3) is 0.273. The van der Waals surface area contributed by atoms with Crippen LogP contribution in [-0.2, 0) is 0 Å². The van der Waals surface area contributed by atoms with E-state index >= 15 is 0 Å². The number of hydrogen-bond donors (Lipinski definition) is 1. The van der Waals surface area contributed by atoms with Crippen LogP contribution >= 0.6 is 15.9 Å². The number of hydrogen-bond acceptors (Lipinski definition) is 4. The molecule has 1 N–H and O–H groups in total. The molecule has 0 saturated heterocycles. The molecular weight excluding hydrogens is 270 g/mol. The molecule has 2 aromatic rings. The van der Waals surface area contributed by atoms with Crippen molar-refractivity contribution < 1.29 is 4.42 Å². The summed E-state index contributed by atoms with van der Waals surface area (Å²) < 4.78 is 6.27. The van der Waals surface area contributed by atoms with Gasteiger partial charge >= 0.3 is 0 Å². The van der Waals surface area contributed by atoms with Crippen molar-refractivity contribution in [3.8, 4) is 11.5 Å². The Morgan fingerprint density at radius 2 is 2.25 bits per heavy atom. The molecular formula is C11H12BrN3O. The van der Waals surface area contributed by atoms with E-state index in [1.54, 1.807) is 6.26 Å². The molecule has 0 aromatic carbocycles. The zero-order valence-electron chi connectivity index (χ0n) is 9.12. The number of anilines is 1. The van der Waals surface area contributed by atoms with E-state index in [2.05, 4.69) is 31.2 Å². The van der Waals surface area contributed by atoms with Crippen LogP contribution in [0.1, 0.15) is 12.6 Å². The molecule has 2 aromatic heterocycles. The summed E-state index contributed by atoms with van der Waals surface area (Å²) in [7, 11) is 0. The minimum absolute atomic E-state index is 0.626. The van der Waals surface area contributed by atoms with E-state index in [0.717, 1.165) is 28.2 Å². The maximum atomic E-state index is 5.37. The molecule has 84 valence electrons. The van der Waals surface area contributed by atoms with Gasteiger partial charge in [-0.15, -0.1) is 0 Å². The molecule has 5 heteroatoms. The smallest absolute Gasteiger partial charge is 0.223 e. The van der Waals surface area contributed by atoms with E-state index in [0.29, 0.717) is 5.95 Å². The Labute approximate surface area is 102 Å². The summed E-state index contributed by atoms with van der Waals surface area (Å²) in [6.45, 7) is 4.74. The van der Waals surface area contributed by atoms with Gasteiger partial charge in [0, 0.05) is 12.2 Å². The van der Waals surface area contributed by atoms with Crippen molar-refractivity contribution in [1.29, 1.82) is 0 Å². The van der Waals surface area contributed by atoms with E-state index in [-0.39, 0.29) is 0 Å². The van der Waals surface area contributed by atoms with Gasteiger partial charge in [0.25, 0.3) is 0 Å². The van der Waals surface area contributed by atoms with Crippen molar-refractivity contribution in [3.63, 3.8) is 0 Å². The largest absolute Gasteiger partial charge is 0.461 e. The first kappa shape index (κ1) is 11.1. The third-order valence-electron chi connectivity index (χ3n) is 2.04. The van der Waals surface area contributed by atoms with Gasteiger partial charge in [-0.2, -0.15) is 0 Å². The number of rotatable bonds is 3. The van der Waals surface area contributed by atoms with E-state index < -0.39 is 0 Å². The van der Waals surface area contributed by atoms with Crippen LogP contribution < -0.4 is 5.32 Å². The standard InChI is InChI=1S/C11H12BrN3O/c1-3-13-11-14-7(2)6-9(15-11)10-8(12)4-5-16-10/h4-6H,3H2,1-2H3,(H,13,14,15). The molecule has 0 aliphatic carbocycles. The van der Waals surface area contributed by atoms with Crippen LogP contribution in [0, 0.1) is 6.92 Å². The normalized spacial score (nSPS) is 10.4. The molecule has 4 nitrogen and oxygen atoms in total. The highest BCUT2D eigenvalue weighted by Gasteiger charge is 2.10. The number of aryl methyl sites for hydroxylation is 1. The third-order valence-corrected chi connectivity index (χ3v) is 2.66. The van der Waals surface area contributed by atoms with Gasteiger partial charge < -0.3 is 9.73 Å². The number of furan rings is 1. The molecule has 0 unspecified atom stereocenters. The van der Waals surface area contributed by atoms with E-state index in [1.165, 1.54) is 0 Å². The summed E-state index contributed by atoms with van der Waals surface area (Å²) in [5.74, 6) is 1.35. The molecule has 0 amide bonds. The van der Waals surface area contributed by atoms with Gasteiger partial charge in [-0.1, -0.05) is 0 Å². The summed E-state index contributed by atoms with van der Waals surface area (Å²) in [5.41, 5.74) is 1.68. The average molecular weight is 282 g/mol. The lowest BCUT2D eigenvalue weighted by molar-refractivity contribution is 0.578. The van der Waals surface area contributed by atoms with Gasteiger partial charge in [0.1, 0.15) is 5.69 Å². The van der Waals surface area contributed by atoms with Crippen LogP contribution in [0.15, 0.2) is 27.3 Å². The van der Waals surface area contributed by atoms with Gasteiger partial charge in [0.15, 0.2) is 5.76 Å². The molecule has 2 heterocycles. The molecule has 0 radical (unpaired) electrons. The minimum atomic E-state index is 0.626. The first-order valence-corrected chi connectivity index (χ1v) is 5.83. The Morgan fingerprint density at radius 3 is 2.88 bits per heavy atom. The van der Waals surface area contributed by atoms with Crippen LogP contribution in [0.25, 0.3) is 11.5 Å². The Bertz CT molecular complexity index is 496.